The van der Waals surface area contributed by atoms with Crippen molar-refractivity contribution in [3.8, 4) is 0 Å². The Morgan fingerprint density at radius 2 is 1.94 bits per heavy atom. The van der Waals surface area contributed by atoms with Crippen LogP contribution in [0.4, 0.5) is 17.3 Å². The summed E-state index contributed by atoms with van der Waals surface area (Å²) >= 11 is 6.49. The number of aromatic nitrogens is 3. The molecule has 164 valence electrons. The van der Waals surface area contributed by atoms with Crippen LogP contribution in [0.15, 0.2) is 23.3 Å². The first-order valence-electron chi connectivity index (χ1n) is 10.7. The molecule has 3 heterocycles. The van der Waals surface area contributed by atoms with Gasteiger partial charge in [0.25, 0.3) is 5.56 Å². The molecule has 2 saturated carbocycles. The Balaban J connectivity index is 1.48. The lowest BCUT2D eigenvalue weighted by molar-refractivity contribution is -0.117. The third-order valence-electron chi connectivity index (χ3n) is 6.62. The van der Waals surface area contributed by atoms with Crippen LogP contribution < -0.4 is 21.5 Å². The number of aliphatic hydroxyl groups is 1. The van der Waals surface area contributed by atoms with Gasteiger partial charge in [-0.2, -0.15) is 0 Å². The Hall–Kier alpha value is -2.49. The number of nitrogens with zero attached hydrogens (tertiary/aromatic N) is 3. The minimum atomic E-state index is -1.01. The zero-order valence-electron chi connectivity index (χ0n) is 17.2. The highest BCUT2D eigenvalue weighted by molar-refractivity contribution is 6.31. The van der Waals surface area contributed by atoms with E-state index in [4.69, 9.17) is 11.6 Å². The summed E-state index contributed by atoms with van der Waals surface area (Å²) in [5.41, 5.74) is -0.391. The van der Waals surface area contributed by atoms with E-state index in [1.54, 1.807) is 10.6 Å². The maximum Gasteiger partial charge on any atom is 0.276 e. The van der Waals surface area contributed by atoms with Crippen molar-refractivity contribution in [2.45, 2.75) is 57.3 Å². The molecule has 3 aliphatic rings. The number of pyridine rings is 1. The third-order valence-corrected chi connectivity index (χ3v) is 6.92. The number of anilines is 3. The van der Waals surface area contributed by atoms with Crippen LogP contribution in [-0.2, 0) is 10.5 Å². The fraction of sp³-hybridized carbons (Fsp3) is 0.524. The van der Waals surface area contributed by atoms with Gasteiger partial charge in [0.15, 0.2) is 0 Å². The number of hydrogen-bond acceptors (Lipinski definition) is 7. The molecule has 0 radical (unpaired) electrons. The SMILES string of the molecule is CC1(C2CCCC2)NC(O)c2c(Cl)cc(Nc3cc(NC(=O)C4CC4)ncn3)c(=O)n21. The van der Waals surface area contributed by atoms with Crippen molar-refractivity contribution in [1.82, 2.24) is 19.9 Å². The van der Waals surface area contributed by atoms with Crippen molar-refractivity contribution in [2.75, 3.05) is 10.6 Å². The van der Waals surface area contributed by atoms with Gasteiger partial charge >= 0.3 is 0 Å². The van der Waals surface area contributed by atoms with E-state index >= 15 is 0 Å². The van der Waals surface area contributed by atoms with Crippen LogP contribution in [0.2, 0.25) is 5.02 Å². The summed E-state index contributed by atoms with van der Waals surface area (Å²) in [4.78, 5) is 33.7. The number of carbonyl (C=O) groups is 1. The minimum absolute atomic E-state index is 0.0544. The molecule has 2 aromatic rings. The van der Waals surface area contributed by atoms with Gasteiger partial charge in [0.05, 0.1) is 10.7 Å². The lowest BCUT2D eigenvalue weighted by Crippen LogP contribution is -2.49. The second-order valence-electron chi connectivity index (χ2n) is 8.78. The molecule has 10 heteroatoms. The topological polar surface area (TPSA) is 121 Å². The van der Waals surface area contributed by atoms with E-state index in [1.807, 2.05) is 6.92 Å². The predicted molar refractivity (Wildman–Crippen MR) is 116 cm³/mol. The molecular formula is C21H25ClN6O3. The van der Waals surface area contributed by atoms with Crippen molar-refractivity contribution in [2.24, 2.45) is 11.8 Å². The number of carbonyl (C=O) groups excluding carboxylic acids is 1. The van der Waals surface area contributed by atoms with Crippen LogP contribution in [0.5, 0.6) is 0 Å². The number of halogens is 1. The van der Waals surface area contributed by atoms with Crippen LogP contribution in [0.25, 0.3) is 0 Å². The largest absolute Gasteiger partial charge is 0.373 e. The number of rotatable bonds is 5. The van der Waals surface area contributed by atoms with Crippen LogP contribution in [0.1, 0.15) is 57.4 Å². The predicted octanol–water partition coefficient (Wildman–Crippen LogP) is 2.84. The van der Waals surface area contributed by atoms with E-state index in [9.17, 15) is 14.7 Å². The first-order valence-corrected chi connectivity index (χ1v) is 11.1. The second-order valence-corrected chi connectivity index (χ2v) is 9.19. The molecule has 2 aliphatic carbocycles. The van der Waals surface area contributed by atoms with E-state index in [0.717, 1.165) is 38.5 Å². The van der Waals surface area contributed by atoms with Gasteiger partial charge in [-0.05, 0) is 44.6 Å². The molecule has 1 amide bonds. The highest BCUT2D eigenvalue weighted by Crippen LogP contribution is 2.43. The third kappa shape index (κ3) is 3.60. The molecule has 4 N–H and O–H groups in total. The highest BCUT2D eigenvalue weighted by Gasteiger charge is 2.47. The van der Waals surface area contributed by atoms with Gasteiger partial charge < -0.3 is 15.7 Å². The molecule has 0 spiro atoms. The second kappa shape index (κ2) is 7.58. The fourth-order valence-electron chi connectivity index (χ4n) is 4.81. The monoisotopic (exact) mass is 444 g/mol. The Labute approximate surface area is 184 Å². The summed E-state index contributed by atoms with van der Waals surface area (Å²) in [6.07, 6.45) is 6.27. The number of fused-ring (bicyclic) bond motifs is 1. The van der Waals surface area contributed by atoms with Crippen molar-refractivity contribution in [3.05, 3.63) is 39.5 Å². The maximum atomic E-state index is 13.5. The first kappa shape index (κ1) is 20.4. The summed E-state index contributed by atoms with van der Waals surface area (Å²) in [5, 5.41) is 19.9. The maximum absolute atomic E-state index is 13.5. The molecule has 2 fully saturated rings. The normalized spacial score (nSPS) is 25.5. The van der Waals surface area contributed by atoms with E-state index in [0.29, 0.717) is 22.4 Å². The lowest BCUT2D eigenvalue weighted by Gasteiger charge is -2.34. The average molecular weight is 445 g/mol. The minimum Gasteiger partial charge on any atom is -0.373 e. The van der Waals surface area contributed by atoms with Gasteiger partial charge in [-0.1, -0.05) is 24.4 Å². The highest BCUT2D eigenvalue weighted by atomic mass is 35.5. The number of amides is 1. The average Bonchev–Trinajstić information content (AvgIpc) is 3.35. The van der Waals surface area contributed by atoms with Crippen LogP contribution >= 0.6 is 11.6 Å². The Morgan fingerprint density at radius 1 is 1.23 bits per heavy atom. The van der Waals surface area contributed by atoms with Gasteiger partial charge in [-0.25, -0.2) is 9.97 Å². The summed E-state index contributed by atoms with van der Waals surface area (Å²) in [6.45, 7) is 1.94. The molecule has 31 heavy (non-hydrogen) atoms. The Kier molecular flexibility index (Phi) is 4.99. The van der Waals surface area contributed by atoms with Crippen molar-refractivity contribution < 1.29 is 9.90 Å². The van der Waals surface area contributed by atoms with Crippen LogP contribution in [0, 0.1) is 11.8 Å². The number of nitrogens with one attached hydrogen (secondary N) is 3. The van der Waals surface area contributed by atoms with E-state index < -0.39 is 11.9 Å². The van der Waals surface area contributed by atoms with Gasteiger partial charge in [0.1, 0.15) is 35.5 Å². The van der Waals surface area contributed by atoms with E-state index in [2.05, 4.69) is 25.9 Å². The standard InChI is InChI=1S/C21H25ClN6O3/c1-21(12-4-2-3-5-12)27-19(30)17-13(22)8-14(20(31)28(17)21)25-15-9-16(24-10-23-15)26-18(29)11-6-7-11/h8-12,19,27,30H,2-7H2,1H3,(H2,23,24,25,26,29). The molecule has 5 rings (SSSR count). The van der Waals surface area contributed by atoms with Crippen LogP contribution in [0.3, 0.4) is 0 Å². The number of hydrogen-bond donors (Lipinski definition) is 4. The van der Waals surface area contributed by atoms with E-state index in [-0.39, 0.29) is 29.0 Å². The molecule has 2 unspecified atom stereocenters. The van der Waals surface area contributed by atoms with Gasteiger partial charge in [0, 0.05) is 12.0 Å². The molecule has 9 nitrogen and oxygen atoms in total. The molecule has 2 atom stereocenters. The summed E-state index contributed by atoms with van der Waals surface area (Å²) in [5.74, 6) is 0.950. The molecular weight excluding hydrogens is 420 g/mol. The quantitative estimate of drug-likeness (QED) is 0.559. The van der Waals surface area contributed by atoms with Crippen molar-refractivity contribution in [1.29, 1.82) is 0 Å². The zero-order chi connectivity index (χ0) is 21.8. The van der Waals surface area contributed by atoms with Gasteiger partial charge in [-0.15, -0.1) is 0 Å². The number of aliphatic hydroxyl groups excluding tert-OH is 1. The Bertz CT molecular complexity index is 1100. The first-order chi connectivity index (χ1) is 14.9. The summed E-state index contributed by atoms with van der Waals surface area (Å²) in [7, 11) is 0. The van der Waals surface area contributed by atoms with E-state index in [1.165, 1.54) is 12.4 Å². The molecule has 0 aromatic carbocycles. The zero-order valence-corrected chi connectivity index (χ0v) is 17.9. The lowest BCUT2D eigenvalue weighted by atomic mass is 9.92. The molecule has 1 aliphatic heterocycles. The molecule has 2 aromatic heterocycles. The van der Waals surface area contributed by atoms with Gasteiger partial charge in [-0.3, -0.25) is 19.5 Å². The van der Waals surface area contributed by atoms with Crippen LogP contribution in [-0.4, -0.2) is 25.5 Å². The van der Waals surface area contributed by atoms with Gasteiger partial charge in [0.2, 0.25) is 5.91 Å². The Morgan fingerprint density at radius 3 is 2.65 bits per heavy atom. The van der Waals surface area contributed by atoms with Crippen molar-refractivity contribution in [3.63, 3.8) is 0 Å². The molecule has 0 bridgehead atoms. The summed E-state index contributed by atoms with van der Waals surface area (Å²) in [6, 6.07) is 3.08. The van der Waals surface area contributed by atoms with Crippen molar-refractivity contribution >= 4 is 34.8 Å². The smallest absolute Gasteiger partial charge is 0.276 e. The fourth-order valence-corrected chi connectivity index (χ4v) is 5.10. The molecule has 0 saturated heterocycles. The summed E-state index contributed by atoms with van der Waals surface area (Å²) < 4.78 is 1.59.